The lowest BCUT2D eigenvalue weighted by molar-refractivity contribution is 0.606. The van der Waals surface area contributed by atoms with Crippen molar-refractivity contribution in [3.05, 3.63) is 29.6 Å². The molecular formula is C14H23FN2. The van der Waals surface area contributed by atoms with Crippen LogP contribution in [0, 0.1) is 5.82 Å². The Morgan fingerprint density at radius 3 is 2.29 bits per heavy atom. The summed E-state index contributed by atoms with van der Waals surface area (Å²) in [7, 11) is 0. The van der Waals surface area contributed by atoms with Crippen molar-refractivity contribution in [2.24, 2.45) is 5.73 Å². The van der Waals surface area contributed by atoms with Crippen molar-refractivity contribution in [3.63, 3.8) is 0 Å². The molecule has 1 unspecified atom stereocenters. The molecule has 1 aromatic rings. The van der Waals surface area contributed by atoms with Crippen LogP contribution < -0.4 is 10.6 Å². The monoisotopic (exact) mass is 238 g/mol. The van der Waals surface area contributed by atoms with Crippen LogP contribution in [0.5, 0.6) is 0 Å². The van der Waals surface area contributed by atoms with Crippen LogP contribution >= 0.6 is 0 Å². The third kappa shape index (κ3) is 3.43. The van der Waals surface area contributed by atoms with E-state index >= 15 is 0 Å². The van der Waals surface area contributed by atoms with Crippen molar-refractivity contribution in [1.29, 1.82) is 0 Å². The third-order valence-electron chi connectivity index (χ3n) is 2.81. The van der Waals surface area contributed by atoms with Crippen LogP contribution in [-0.2, 0) is 0 Å². The summed E-state index contributed by atoms with van der Waals surface area (Å²) >= 11 is 0. The van der Waals surface area contributed by atoms with Gasteiger partial charge in [0.25, 0.3) is 0 Å². The van der Waals surface area contributed by atoms with Gasteiger partial charge in [-0.1, -0.05) is 26.0 Å². The molecule has 0 amide bonds. The van der Waals surface area contributed by atoms with Gasteiger partial charge in [-0.25, -0.2) is 4.39 Å². The predicted molar refractivity (Wildman–Crippen MR) is 71.8 cm³/mol. The van der Waals surface area contributed by atoms with Gasteiger partial charge in [-0.15, -0.1) is 0 Å². The van der Waals surface area contributed by atoms with Gasteiger partial charge < -0.3 is 10.6 Å². The summed E-state index contributed by atoms with van der Waals surface area (Å²) in [6, 6.07) is 5.02. The van der Waals surface area contributed by atoms with Gasteiger partial charge >= 0.3 is 0 Å². The van der Waals surface area contributed by atoms with Gasteiger partial charge in [-0.3, -0.25) is 0 Å². The van der Waals surface area contributed by atoms with E-state index in [1.165, 1.54) is 6.07 Å². The number of rotatable bonds is 6. The highest BCUT2D eigenvalue weighted by Crippen LogP contribution is 2.28. The van der Waals surface area contributed by atoms with E-state index in [0.717, 1.165) is 31.5 Å². The van der Waals surface area contributed by atoms with Crippen LogP contribution in [0.1, 0.15) is 45.2 Å². The van der Waals surface area contributed by atoms with E-state index < -0.39 is 0 Å². The second-order valence-electron chi connectivity index (χ2n) is 4.45. The highest BCUT2D eigenvalue weighted by atomic mass is 19.1. The number of nitrogens with two attached hydrogens (primary N) is 1. The van der Waals surface area contributed by atoms with Gasteiger partial charge in [0, 0.05) is 19.1 Å². The lowest BCUT2D eigenvalue weighted by atomic mass is 10.0. The second kappa shape index (κ2) is 6.60. The van der Waals surface area contributed by atoms with Crippen LogP contribution in [0.3, 0.4) is 0 Å². The molecule has 2 nitrogen and oxygen atoms in total. The van der Waals surface area contributed by atoms with Crippen molar-refractivity contribution in [2.45, 2.75) is 39.7 Å². The highest BCUT2D eigenvalue weighted by Gasteiger charge is 2.16. The molecule has 0 fully saturated rings. The maximum atomic E-state index is 14.0. The molecule has 1 aromatic carbocycles. The molecule has 0 aliphatic rings. The molecule has 1 rings (SSSR count). The third-order valence-corrected chi connectivity index (χ3v) is 2.81. The number of hydrogen-bond donors (Lipinski definition) is 1. The average Bonchev–Trinajstić information content (AvgIpc) is 2.28. The Balaban J connectivity index is 3.14. The van der Waals surface area contributed by atoms with E-state index in [4.69, 9.17) is 5.73 Å². The molecule has 96 valence electrons. The summed E-state index contributed by atoms with van der Waals surface area (Å²) < 4.78 is 14.0. The zero-order valence-corrected chi connectivity index (χ0v) is 11.0. The lowest BCUT2D eigenvalue weighted by Crippen LogP contribution is -2.28. The quantitative estimate of drug-likeness (QED) is 0.822. The number of benzene rings is 1. The average molecular weight is 238 g/mol. The van der Waals surface area contributed by atoms with Crippen molar-refractivity contribution in [3.8, 4) is 0 Å². The largest absolute Gasteiger partial charge is 0.369 e. The van der Waals surface area contributed by atoms with Crippen LogP contribution in [0.15, 0.2) is 18.2 Å². The normalized spacial score (nSPS) is 12.5. The van der Waals surface area contributed by atoms with Gasteiger partial charge in [-0.2, -0.15) is 0 Å². The van der Waals surface area contributed by atoms with E-state index in [-0.39, 0.29) is 11.9 Å². The summed E-state index contributed by atoms with van der Waals surface area (Å²) in [5, 5.41) is 0. The molecule has 0 bridgehead atoms. The predicted octanol–water partition coefficient (Wildman–Crippen LogP) is 3.47. The second-order valence-corrected chi connectivity index (χ2v) is 4.45. The lowest BCUT2D eigenvalue weighted by Gasteiger charge is -2.28. The molecule has 0 spiro atoms. The number of nitrogens with zero attached hydrogens (tertiary/aromatic N) is 1. The van der Waals surface area contributed by atoms with Crippen LogP contribution in [-0.4, -0.2) is 13.1 Å². The first kappa shape index (κ1) is 14.0. The van der Waals surface area contributed by atoms with Gasteiger partial charge in [0.05, 0.1) is 5.69 Å². The Bertz CT molecular complexity index is 344. The fraction of sp³-hybridized carbons (Fsp3) is 0.571. The Morgan fingerprint density at radius 2 is 1.82 bits per heavy atom. The van der Waals surface area contributed by atoms with Crippen molar-refractivity contribution in [2.75, 3.05) is 18.0 Å². The minimum atomic E-state index is -0.165. The van der Waals surface area contributed by atoms with Crippen LogP contribution in [0.2, 0.25) is 0 Å². The summed E-state index contributed by atoms with van der Waals surface area (Å²) in [4.78, 5) is 2.11. The zero-order valence-electron chi connectivity index (χ0n) is 11.0. The molecule has 3 heteroatoms. The van der Waals surface area contributed by atoms with E-state index in [9.17, 15) is 4.39 Å². The Kier molecular flexibility index (Phi) is 5.42. The maximum absolute atomic E-state index is 14.0. The fourth-order valence-corrected chi connectivity index (χ4v) is 2.11. The molecular weight excluding hydrogens is 215 g/mol. The van der Waals surface area contributed by atoms with Crippen molar-refractivity contribution >= 4 is 5.69 Å². The first-order chi connectivity index (χ1) is 8.11. The summed E-state index contributed by atoms with van der Waals surface area (Å²) in [6.45, 7) is 7.85. The molecule has 0 saturated carbocycles. The minimum absolute atomic E-state index is 0.142. The summed E-state index contributed by atoms with van der Waals surface area (Å²) in [5.74, 6) is -0.165. The molecule has 0 aliphatic heterocycles. The smallest absolute Gasteiger partial charge is 0.146 e. The Labute approximate surface area is 104 Å². The number of para-hydroxylation sites is 1. The van der Waals surface area contributed by atoms with Gasteiger partial charge in [-0.05, 0) is 31.4 Å². The van der Waals surface area contributed by atoms with Crippen LogP contribution in [0.25, 0.3) is 0 Å². The molecule has 0 aromatic heterocycles. The van der Waals surface area contributed by atoms with Crippen molar-refractivity contribution < 1.29 is 4.39 Å². The number of hydrogen-bond acceptors (Lipinski definition) is 2. The van der Waals surface area contributed by atoms with E-state index in [1.54, 1.807) is 6.07 Å². The topological polar surface area (TPSA) is 29.3 Å². The summed E-state index contributed by atoms with van der Waals surface area (Å²) in [5.41, 5.74) is 7.50. The number of halogens is 1. The van der Waals surface area contributed by atoms with E-state index in [2.05, 4.69) is 18.7 Å². The standard InChI is InChI=1S/C14H23FN2/c1-4-9-17(10-5-2)14-12(11(3)16)7-6-8-13(14)15/h6-8,11H,4-5,9-10,16H2,1-3H3. The molecule has 0 heterocycles. The van der Waals surface area contributed by atoms with Gasteiger partial charge in [0.15, 0.2) is 0 Å². The molecule has 0 aliphatic carbocycles. The number of anilines is 1. The fourth-order valence-electron chi connectivity index (χ4n) is 2.11. The Hall–Kier alpha value is -1.09. The highest BCUT2D eigenvalue weighted by molar-refractivity contribution is 5.56. The Morgan fingerprint density at radius 1 is 1.24 bits per heavy atom. The summed E-state index contributed by atoms with van der Waals surface area (Å²) in [6.07, 6.45) is 2.01. The van der Waals surface area contributed by atoms with Crippen molar-refractivity contribution in [1.82, 2.24) is 0 Å². The van der Waals surface area contributed by atoms with E-state index in [0.29, 0.717) is 5.69 Å². The van der Waals surface area contributed by atoms with Crippen LogP contribution in [0.4, 0.5) is 10.1 Å². The zero-order chi connectivity index (χ0) is 12.8. The minimum Gasteiger partial charge on any atom is -0.369 e. The molecule has 1 atom stereocenters. The maximum Gasteiger partial charge on any atom is 0.146 e. The first-order valence-electron chi connectivity index (χ1n) is 6.40. The SMILES string of the molecule is CCCN(CCC)c1c(F)cccc1C(C)N. The molecule has 0 radical (unpaired) electrons. The molecule has 0 saturated heterocycles. The van der Waals surface area contributed by atoms with Gasteiger partial charge in [0.1, 0.15) is 5.82 Å². The van der Waals surface area contributed by atoms with Gasteiger partial charge in [0.2, 0.25) is 0 Å². The molecule has 17 heavy (non-hydrogen) atoms. The molecule has 2 N–H and O–H groups in total. The first-order valence-corrected chi connectivity index (χ1v) is 6.40. The van der Waals surface area contributed by atoms with E-state index in [1.807, 2.05) is 13.0 Å².